The predicted molar refractivity (Wildman–Crippen MR) is 154 cm³/mol. The molecule has 1 aromatic heterocycles. The van der Waals surface area contributed by atoms with Crippen molar-refractivity contribution in [2.45, 2.75) is 24.0 Å². The SMILES string of the molecule is Cn1nc(C(F)(F)F)cc1-c1ccc(-c2cc(Cl)c(CO)c([S+](C)[O-])c2)cc1N(N)/C(=C\N)c1ccc(OC(F)(F)F)cc1. The Kier molecular flexibility index (Phi) is 9.46. The second kappa shape index (κ2) is 12.6. The molecule has 0 aliphatic carbocycles. The van der Waals surface area contributed by atoms with Crippen LogP contribution in [0.5, 0.6) is 5.75 Å². The summed E-state index contributed by atoms with van der Waals surface area (Å²) in [6, 6.07) is 13.1. The summed E-state index contributed by atoms with van der Waals surface area (Å²) >= 11 is 4.84. The number of aryl methyl sites for hydroxylation is 1. The molecule has 0 saturated carbocycles. The highest BCUT2D eigenvalue weighted by atomic mass is 35.5. The smallest absolute Gasteiger partial charge is 0.573 e. The van der Waals surface area contributed by atoms with Gasteiger partial charge in [-0.3, -0.25) is 9.69 Å². The summed E-state index contributed by atoms with van der Waals surface area (Å²) in [7, 11) is 1.32. The summed E-state index contributed by atoms with van der Waals surface area (Å²) in [5.41, 5.74) is 6.56. The first-order chi connectivity index (χ1) is 20.5. The van der Waals surface area contributed by atoms with E-state index in [-0.39, 0.29) is 43.7 Å². The van der Waals surface area contributed by atoms with E-state index >= 15 is 0 Å². The van der Waals surface area contributed by atoms with Gasteiger partial charge < -0.3 is 20.1 Å². The van der Waals surface area contributed by atoms with Crippen LogP contribution < -0.4 is 21.3 Å². The van der Waals surface area contributed by atoms with E-state index in [0.717, 1.165) is 34.1 Å². The molecule has 44 heavy (non-hydrogen) atoms. The lowest BCUT2D eigenvalue weighted by atomic mass is 9.98. The van der Waals surface area contributed by atoms with Crippen LogP contribution in [-0.4, -0.2) is 32.1 Å². The normalized spacial score (nSPS) is 13.2. The van der Waals surface area contributed by atoms with Crippen LogP contribution in [0.15, 0.2) is 71.8 Å². The fourth-order valence-corrected chi connectivity index (χ4v) is 5.60. The highest BCUT2D eigenvalue weighted by molar-refractivity contribution is 7.90. The summed E-state index contributed by atoms with van der Waals surface area (Å²) in [6.45, 7) is -0.464. The van der Waals surface area contributed by atoms with E-state index in [1.165, 1.54) is 43.6 Å². The Morgan fingerprint density at radius 3 is 2.25 bits per heavy atom. The van der Waals surface area contributed by atoms with Crippen LogP contribution in [0, 0.1) is 0 Å². The monoisotopic (exact) mass is 659 g/mol. The lowest BCUT2D eigenvalue weighted by molar-refractivity contribution is -0.274. The molecule has 1 unspecified atom stereocenters. The van der Waals surface area contributed by atoms with Crippen molar-refractivity contribution in [3.8, 4) is 28.1 Å². The van der Waals surface area contributed by atoms with Gasteiger partial charge in [0, 0.05) is 30.4 Å². The minimum Gasteiger partial charge on any atom is -0.612 e. The van der Waals surface area contributed by atoms with Crippen molar-refractivity contribution < 1.29 is 40.7 Å². The minimum absolute atomic E-state index is 0.0311. The van der Waals surface area contributed by atoms with Crippen LogP contribution in [0.2, 0.25) is 5.02 Å². The lowest BCUT2D eigenvalue weighted by Gasteiger charge is -2.26. The highest BCUT2D eigenvalue weighted by Gasteiger charge is 2.35. The number of halogens is 7. The number of rotatable bonds is 8. The van der Waals surface area contributed by atoms with Gasteiger partial charge >= 0.3 is 12.5 Å². The van der Waals surface area contributed by atoms with E-state index < -0.39 is 41.8 Å². The Bertz CT molecular complexity index is 1690. The molecular weight excluding hydrogens is 636 g/mol. The quantitative estimate of drug-likeness (QED) is 0.0891. The van der Waals surface area contributed by atoms with E-state index in [9.17, 15) is 36.0 Å². The molecule has 0 amide bonds. The molecule has 1 atom stereocenters. The number of hydrazine groups is 1. The van der Waals surface area contributed by atoms with Gasteiger partial charge in [-0.2, -0.15) is 18.3 Å². The lowest BCUT2D eigenvalue weighted by Crippen LogP contribution is -2.30. The maximum absolute atomic E-state index is 13.5. The third-order valence-corrected chi connectivity index (χ3v) is 7.78. The zero-order chi connectivity index (χ0) is 32.6. The number of hydrogen-bond acceptors (Lipinski definition) is 7. The van der Waals surface area contributed by atoms with E-state index in [2.05, 4.69) is 9.84 Å². The standard InChI is InChI=1S/C28H24ClF6N5O3S/c1-39-22(12-26(38-39)27(30,31)32)19-8-5-16(17-9-21(29)20(14-41)25(11-17)44(2)42)10-23(19)40(37)24(13-36)15-3-6-18(7-4-15)43-28(33,34)35/h3-13,41H,14,36-37H2,1-2H3/b24-13-. The molecule has 3 aromatic carbocycles. The molecular formula is C28H24ClF6N5O3S. The molecule has 0 aliphatic heterocycles. The van der Waals surface area contributed by atoms with Gasteiger partial charge in [-0.1, -0.05) is 23.7 Å². The third-order valence-electron chi connectivity index (χ3n) is 6.46. The van der Waals surface area contributed by atoms with Gasteiger partial charge in [0.2, 0.25) is 0 Å². The fourth-order valence-electron chi connectivity index (χ4n) is 4.45. The molecule has 1 heterocycles. The number of nitrogens with zero attached hydrogens (tertiary/aromatic N) is 3. The number of aromatic nitrogens is 2. The van der Waals surface area contributed by atoms with E-state index in [1.54, 1.807) is 12.1 Å². The van der Waals surface area contributed by atoms with Crippen molar-refractivity contribution in [2.75, 3.05) is 11.3 Å². The maximum Gasteiger partial charge on any atom is 0.573 e. The molecule has 0 bridgehead atoms. The zero-order valence-corrected chi connectivity index (χ0v) is 24.4. The van der Waals surface area contributed by atoms with Crippen LogP contribution in [-0.2, 0) is 31.0 Å². The van der Waals surface area contributed by atoms with Gasteiger partial charge in [-0.05, 0) is 64.8 Å². The first kappa shape index (κ1) is 33.0. The van der Waals surface area contributed by atoms with E-state index in [4.69, 9.17) is 23.2 Å². The molecule has 0 spiro atoms. The second-order valence-electron chi connectivity index (χ2n) is 9.31. The first-order valence-electron chi connectivity index (χ1n) is 12.4. The minimum atomic E-state index is -4.91. The van der Waals surface area contributed by atoms with Gasteiger partial charge in [0.05, 0.1) is 34.3 Å². The summed E-state index contributed by atoms with van der Waals surface area (Å²) in [4.78, 5) is 0.274. The number of benzene rings is 3. The van der Waals surface area contributed by atoms with Gasteiger partial charge in [0.1, 0.15) is 12.0 Å². The first-order valence-corrected chi connectivity index (χ1v) is 14.3. The number of alkyl halides is 6. The molecule has 0 saturated heterocycles. The van der Waals surface area contributed by atoms with Gasteiger partial charge in [0.15, 0.2) is 10.6 Å². The molecule has 8 nitrogen and oxygen atoms in total. The van der Waals surface area contributed by atoms with Crippen molar-refractivity contribution >= 4 is 34.2 Å². The number of ether oxygens (including phenoxy) is 1. The number of hydrogen-bond donors (Lipinski definition) is 3. The Hall–Kier alpha value is -3.89. The number of aliphatic hydroxyl groups is 1. The van der Waals surface area contributed by atoms with E-state index in [1.807, 2.05) is 0 Å². The number of aliphatic hydroxyl groups excluding tert-OH is 1. The average Bonchev–Trinajstić information content (AvgIpc) is 3.34. The van der Waals surface area contributed by atoms with Crippen LogP contribution in [0.3, 0.4) is 0 Å². The van der Waals surface area contributed by atoms with Crippen molar-refractivity contribution in [3.63, 3.8) is 0 Å². The Labute approximate surface area is 255 Å². The third kappa shape index (κ3) is 7.08. The Balaban J connectivity index is 1.89. The Morgan fingerprint density at radius 1 is 1.07 bits per heavy atom. The zero-order valence-electron chi connectivity index (χ0n) is 22.9. The van der Waals surface area contributed by atoms with E-state index in [0.29, 0.717) is 11.1 Å². The van der Waals surface area contributed by atoms with Gasteiger partial charge in [-0.25, -0.2) is 5.84 Å². The van der Waals surface area contributed by atoms with Crippen LogP contribution in [0.4, 0.5) is 32.0 Å². The molecule has 234 valence electrons. The van der Waals surface area contributed by atoms with Crippen molar-refractivity contribution in [1.29, 1.82) is 0 Å². The summed E-state index contributed by atoms with van der Waals surface area (Å²) in [5, 5.41) is 14.5. The van der Waals surface area contributed by atoms with Crippen LogP contribution >= 0.6 is 11.6 Å². The Morgan fingerprint density at radius 2 is 1.73 bits per heavy atom. The summed E-state index contributed by atoms with van der Waals surface area (Å²) in [5.74, 6) is 6.02. The average molecular weight is 660 g/mol. The van der Waals surface area contributed by atoms with Crippen LogP contribution in [0.1, 0.15) is 16.8 Å². The fraction of sp³-hybridized carbons (Fsp3) is 0.179. The molecule has 0 fully saturated rings. The predicted octanol–water partition coefficient (Wildman–Crippen LogP) is 6.19. The molecule has 0 aliphatic rings. The van der Waals surface area contributed by atoms with Crippen molar-refractivity contribution in [1.82, 2.24) is 9.78 Å². The maximum atomic E-state index is 13.5. The molecule has 5 N–H and O–H groups in total. The molecule has 4 aromatic rings. The summed E-state index contributed by atoms with van der Waals surface area (Å²) < 4.78 is 95.8. The topological polar surface area (TPSA) is 126 Å². The van der Waals surface area contributed by atoms with Crippen molar-refractivity contribution in [2.24, 2.45) is 18.6 Å². The largest absolute Gasteiger partial charge is 0.612 e. The highest BCUT2D eigenvalue weighted by Crippen LogP contribution is 2.40. The molecule has 16 heteroatoms. The van der Waals surface area contributed by atoms with Gasteiger partial charge in [-0.15, -0.1) is 13.2 Å². The molecule has 0 radical (unpaired) electrons. The van der Waals surface area contributed by atoms with Crippen LogP contribution in [0.25, 0.3) is 28.1 Å². The molecule has 4 rings (SSSR count). The number of nitrogens with two attached hydrogens (primary N) is 2. The van der Waals surface area contributed by atoms with Crippen molar-refractivity contribution in [3.05, 3.63) is 88.7 Å². The second-order valence-corrected chi connectivity index (χ2v) is 11.1. The van der Waals surface area contributed by atoms with Gasteiger partial charge in [0.25, 0.3) is 0 Å². The number of anilines is 1. The summed E-state index contributed by atoms with van der Waals surface area (Å²) in [6.07, 6.45) is -7.16.